The highest BCUT2D eigenvalue weighted by atomic mass is 32.1. The molecule has 5 rings (SSSR count). The second-order valence-corrected chi connectivity index (χ2v) is 9.78. The summed E-state index contributed by atoms with van der Waals surface area (Å²) in [6.45, 7) is 5.46. The fraction of sp³-hybridized carbons (Fsp3) is 0.308. The van der Waals surface area contributed by atoms with E-state index in [4.69, 9.17) is 10.4 Å². The zero-order valence-corrected chi connectivity index (χ0v) is 19.1. The molecule has 1 fully saturated rings. The Morgan fingerprint density at radius 2 is 1.69 bits per heavy atom. The van der Waals surface area contributed by atoms with E-state index in [0.717, 1.165) is 53.6 Å². The zero-order valence-electron chi connectivity index (χ0n) is 18.3. The van der Waals surface area contributed by atoms with Crippen LogP contribution in [0.2, 0.25) is 0 Å². The Kier molecular flexibility index (Phi) is 5.81. The van der Waals surface area contributed by atoms with Crippen LogP contribution in [-0.4, -0.2) is 51.4 Å². The first-order valence-electron chi connectivity index (χ1n) is 11.2. The lowest BCUT2D eigenvalue weighted by molar-refractivity contribution is 0.149. The minimum Gasteiger partial charge on any atom is -0.510 e. The number of aliphatic hydroxyl groups excluding tert-OH is 1. The Bertz CT molecular complexity index is 1130. The first kappa shape index (κ1) is 20.9. The minimum absolute atomic E-state index is 0.273. The number of rotatable bonds is 5. The van der Waals surface area contributed by atoms with Crippen molar-refractivity contribution in [3.05, 3.63) is 81.9 Å². The molecule has 32 heavy (non-hydrogen) atoms. The van der Waals surface area contributed by atoms with Gasteiger partial charge in [-0.05, 0) is 25.3 Å². The van der Waals surface area contributed by atoms with Crippen molar-refractivity contribution in [3.8, 4) is 11.3 Å². The van der Waals surface area contributed by atoms with E-state index >= 15 is 0 Å². The third kappa shape index (κ3) is 4.08. The van der Waals surface area contributed by atoms with Crippen molar-refractivity contribution in [2.75, 3.05) is 19.6 Å². The molecule has 0 radical (unpaired) electrons. The molecule has 3 aromatic rings. The van der Waals surface area contributed by atoms with Gasteiger partial charge in [0.15, 0.2) is 0 Å². The van der Waals surface area contributed by atoms with Crippen LogP contribution in [0.15, 0.2) is 66.4 Å². The number of hydrogen-bond acceptors (Lipinski definition) is 5. The van der Waals surface area contributed by atoms with E-state index in [0.29, 0.717) is 18.0 Å². The fourth-order valence-electron chi connectivity index (χ4n) is 4.73. The van der Waals surface area contributed by atoms with Gasteiger partial charge in [0.05, 0.1) is 17.8 Å². The molecule has 2 aliphatic rings. The van der Waals surface area contributed by atoms with Gasteiger partial charge in [0.25, 0.3) is 0 Å². The van der Waals surface area contributed by atoms with Crippen molar-refractivity contribution in [1.82, 2.24) is 14.8 Å². The Balaban J connectivity index is 1.27. The summed E-state index contributed by atoms with van der Waals surface area (Å²) in [5, 5.41) is 20.4. The third-order valence-electron chi connectivity index (χ3n) is 6.44. The number of hydrogen-bond donors (Lipinski definition) is 2. The van der Waals surface area contributed by atoms with Crippen LogP contribution in [-0.2, 0) is 6.54 Å². The number of nitrogens with zero attached hydrogens (tertiary/aromatic N) is 3. The van der Waals surface area contributed by atoms with E-state index in [-0.39, 0.29) is 11.8 Å². The molecule has 0 atom stereocenters. The van der Waals surface area contributed by atoms with Crippen LogP contribution in [0.3, 0.4) is 0 Å². The molecule has 164 valence electrons. The highest BCUT2D eigenvalue weighted by Gasteiger charge is 2.36. The van der Waals surface area contributed by atoms with Crippen molar-refractivity contribution in [3.63, 3.8) is 0 Å². The Morgan fingerprint density at radius 3 is 2.38 bits per heavy atom. The van der Waals surface area contributed by atoms with Crippen molar-refractivity contribution >= 4 is 22.7 Å². The van der Waals surface area contributed by atoms with Crippen LogP contribution in [0.5, 0.6) is 0 Å². The van der Waals surface area contributed by atoms with E-state index in [1.54, 1.807) is 11.3 Å². The Morgan fingerprint density at radius 1 is 1.03 bits per heavy atom. The van der Waals surface area contributed by atoms with Gasteiger partial charge in [-0.3, -0.25) is 10.3 Å². The molecule has 1 aromatic heterocycles. The van der Waals surface area contributed by atoms with Gasteiger partial charge in [-0.2, -0.15) is 0 Å². The molecular weight excluding hydrogens is 416 g/mol. The molecule has 0 aliphatic carbocycles. The lowest BCUT2D eigenvalue weighted by Crippen LogP contribution is -2.45. The molecule has 1 saturated heterocycles. The average Bonchev–Trinajstić information content (AvgIpc) is 3.34. The quantitative estimate of drug-likeness (QED) is 0.557. The lowest BCUT2D eigenvalue weighted by Gasteiger charge is -2.37. The van der Waals surface area contributed by atoms with Crippen LogP contribution < -0.4 is 0 Å². The number of aliphatic hydroxyl groups is 1. The van der Waals surface area contributed by atoms with Crippen LogP contribution in [0.1, 0.15) is 28.3 Å². The summed E-state index contributed by atoms with van der Waals surface area (Å²) < 4.78 is 0. The van der Waals surface area contributed by atoms with Gasteiger partial charge in [0, 0.05) is 36.1 Å². The highest BCUT2D eigenvalue weighted by molar-refractivity contribution is 7.13. The normalized spacial score (nSPS) is 18.0. The summed E-state index contributed by atoms with van der Waals surface area (Å²) in [6, 6.07) is 21.0. The van der Waals surface area contributed by atoms with E-state index in [1.807, 2.05) is 18.2 Å². The fourth-order valence-corrected chi connectivity index (χ4v) is 5.74. The predicted octanol–water partition coefficient (Wildman–Crippen LogP) is 5.35. The van der Waals surface area contributed by atoms with Crippen molar-refractivity contribution in [2.45, 2.75) is 32.4 Å². The van der Waals surface area contributed by atoms with Crippen LogP contribution >= 0.6 is 11.3 Å². The van der Waals surface area contributed by atoms with E-state index in [9.17, 15) is 5.11 Å². The molecular formula is C26H28N4OS. The standard InChI is InChI=1S/C26H28N4OS/c1-18-24(20-10-6-3-7-11-20)28-26(32-18)23-22(31)17-30(25(23)27)21-12-14-29(15-13-21)16-19-8-4-2-5-9-19/h2-11,21,27,31H,12-17H2,1H3. The maximum absolute atomic E-state index is 10.8. The van der Waals surface area contributed by atoms with E-state index < -0.39 is 0 Å². The molecule has 0 amide bonds. The highest BCUT2D eigenvalue weighted by Crippen LogP contribution is 2.36. The molecule has 0 saturated carbocycles. The maximum Gasteiger partial charge on any atom is 0.135 e. The van der Waals surface area contributed by atoms with E-state index in [2.05, 4.69) is 59.2 Å². The summed E-state index contributed by atoms with van der Waals surface area (Å²) in [5.74, 6) is 0.687. The molecule has 6 heteroatoms. The molecule has 0 unspecified atom stereocenters. The van der Waals surface area contributed by atoms with E-state index in [1.165, 1.54) is 5.56 Å². The van der Waals surface area contributed by atoms with Crippen molar-refractivity contribution in [1.29, 1.82) is 5.41 Å². The molecule has 2 aliphatic heterocycles. The predicted molar refractivity (Wildman–Crippen MR) is 131 cm³/mol. The smallest absolute Gasteiger partial charge is 0.135 e. The number of aromatic nitrogens is 1. The van der Waals surface area contributed by atoms with Gasteiger partial charge < -0.3 is 10.0 Å². The Hall–Kier alpha value is -2.96. The zero-order chi connectivity index (χ0) is 22.1. The third-order valence-corrected chi connectivity index (χ3v) is 7.43. The number of thiazole rings is 1. The number of piperidine rings is 1. The lowest BCUT2D eigenvalue weighted by atomic mass is 10.0. The summed E-state index contributed by atoms with van der Waals surface area (Å²) in [7, 11) is 0. The molecule has 2 N–H and O–H groups in total. The van der Waals surface area contributed by atoms with Gasteiger partial charge >= 0.3 is 0 Å². The van der Waals surface area contributed by atoms with Crippen LogP contribution in [0, 0.1) is 12.3 Å². The van der Waals surface area contributed by atoms with Gasteiger partial charge in [0.2, 0.25) is 0 Å². The van der Waals surface area contributed by atoms with Gasteiger partial charge in [-0.1, -0.05) is 60.7 Å². The number of likely N-dealkylation sites (tertiary alicyclic amines) is 1. The topological polar surface area (TPSA) is 63.5 Å². The number of amidine groups is 1. The molecule has 0 spiro atoms. The molecule has 5 nitrogen and oxygen atoms in total. The van der Waals surface area contributed by atoms with Gasteiger partial charge in [-0.25, -0.2) is 4.98 Å². The molecule has 0 bridgehead atoms. The SMILES string of the molecule is Cc1sc(C2=C(O)CN(C3CCN(Cc4ccccc4)CC3)C2=N)nc1-c1ccccc1. The first-order valence-corrected chi connectivity index (χ1v) is 12.0. The molecule has 2 aromatic carbocycles. The monoisotopic (exact) mass is 444 g/mol. The van der Waals surface area contributed by atoms with Crippen LogP contribution in [0.4, 0.5) is 0 Å². The molecule has 3 heterocycles. The van der Waals surface area contributed by atoms with Crippen molar-refractivity contribution < 1.29 is 5.11 Å². The first-order chi connectivity index (χ1) is 15.6. The largest absolute Gasteiger partial charge is 0.510 e. The summed E-state index contributed by atoms with van der Waals surface area (Å²) in [6.07, 6.45) is 2.00. The summed E-state index contributed by atoms with van der Waals surface area (Å²) in [5.41, 5.74) is 3.95. The number of benzene rings is 2. The summed E-state index contributed by atoms with van der Waals surface area (Å²) in [4.78, 5) is 10.5. The second-order valence-electron chi connectivity index (χ2n) is 8.58. The average molecular weight is 445 g/mol. The van der Waals surface area contributed by atoms with Gasteiger partial charge in [-0.15, -0.1) is 11.3 Å². The number of aryl methyl sites for hydroxylation is 1. The maximum atomic E-state index is 10.8. The second kappa shape index (κ2) is 8.88. The summed E-state index contributed by atoms with van der Waals surface area (Å²) >= 11 is 1.56. The number of nitrogens with one attached hydrogen (secondary N) is 1. The van der Waals surface area contributed by atoms with Crippen molar-refractivity contribution in [2.24, 2.45) is 0 Å². The Labute approximate surface area is 193 Å². The van der Waals surface area contributed by atoms with Crippen LogP contribution in [0.25, 0.3) is 16.8 Å². The van der Waals surface area contributed by atoms with Gasteiger partial charge in [0.1, 0.15) is 16.6 Å². The minimum atomic E-state index is 0.273.